The van der Waals surface area contributed by atoms with Crippen molar-refractivity contribution in [2.75, 3.05) is 12.3 Å². The molecule has 1 aromatic carbocycles. The number of sulfonamides is 1. The molecule has 0 saturated carbocycles. The van der Waals surface area contributed by atoms with Gasteiger partial charge in [0.25, 0.3) is 0 Å². The van der Waals surface area contributed by atoms with Gasteiger partial charge in [0.2, 0.25) is 10.0 Å². The molecule has 106 valence electrons. The minimum Gasteiger partial charge on any atom is -0.387 e. The summed E-state index contributed by atoms with van der Waals surface area (Å²) in [5.41, 5.74) is 0.462. The van der Waals surface area contributed by atoms with Crippen LogP contribution in [0.1, 0.15) is 18.1 Å². The maximum atomic E-state index is 11.5. The van der Waals surface area contributed by atoms with E-state index in [1.165, 1.54) is 24.3 Å². The van der Waals surface area contributed by atoms with Gasteiger partial charge in [0.05, 0.1) is 11.9 Å². The van der Waals surface area contributed by atoms with E-state index in [-0.39, 0.29) is 12.3 Å². The van der Waals surface area contributed by atoms with Crippen LogP contribution in [0.15, 0.2) is 30.9 Å². The first-order valence-corrected chi connectivity index (χ1v) is 7.97. The van der Waals surface area contributed by atoms with Crippen LogP contribution in [0.25, 0.3) is 0 Å². The highest BCUT2D eigenvalue weighted by Gasteiger charge is 2.14. The summed E-state index contributed by atoms with van der Waals surface area (Å²) in [5.74, 6) is -0.0560. The lowest BCUT2D eigenvalue weighted by Gasteiger charge is -2.13. The van der Waals surface area contributed by atoms with Gasteiger partial charge in [-0.1, -0.05) is 29.3 Å². The second-order valence-corrected chi connectivity index (χ2v) is 6.76. The number of nitrogens with one attached hydrogen (secondary N) is 1. The average Bonchev–Trinajstić information content (AvgIpc) is 2.32. The number of halogens is 2. The zero-order chi connectivity index (χ0) is 14.5. The van der Waals surface area contributed by atoms with Crippen LogP contribution < -0.4 is 4.72 Å². The van der Waals surface area contributed by atoms with Gasteiger partial charge in [0.15, 0.2) is 0 Å². The highest BCUT2D eigenvalue weighted by Crippen LogP contribution is 2.23. The molecule has 0 aliphatic heterocycles. The Bertz CT molecular complexity index is 526. The Morgan fingerprint density at radius 1 is 1.32 bits per heavy atom. The van der Waals surface area contributed by atoms with E-state index in [9.17, 15) is 13.5 Å². The first kappa shape index (κ1) is 16.5. The van der Waals surface area contributed by atoms with Crippen molar-refractivity contribution < 1.29 is 13.5 Å². The summed E-state index contributed by atoms with van der Waals surface area (Å²) in [7, 11) is -3.41. The number of allylic oxidation sites excluding steroid dienone is 1. The van der Waals surface area contributed by atoms with Crippen LogP contribution in [0.2, 0.25) is 10.0 Å². The van der Waals surface area contributed by atoms with Crippen molar-refractivity contribution >= 4 is 33.2 Å². The lowest BCUT2D eigenvalue weighted by Crippen LogP contribution is -2.30. The predicted octanol–water partition coefficient (Wildman–Crippen LogP) is 2.52. The van der Waals surface area contributed by atoms with Gasteiger partial charge in [-0.2, -0.15) is 0 Å². The minimum atomic E-state index is -3.41. The van der Waals surface area contributed by atoms with Crippen molar-refractivity contribution in [2.45, 2.75) is 12.5 Å². The Morgan fingerprint density at radius 3 is 2.42 bits per heavy atom. The fourth-order valence-corrected chi connectivity index (χ4v) is 2.98. The fraction of sp³-hybridized carbons (Fsp3) is 0.333. The molecule has 1 rings (SSSR count). The maximum absolute atomic E-state index is 11.5. The van der Waals surface area contributed by atoms with Crippen LogP contribution in [0.5, 0.6) is 0 Å². The van der Waals surface area contributed by atoms with Gasteiger partial charge in [-0.25, -0.2) is 13.1 Å². The van der Waals surface area contributed by atoms with E-state index >= 15 is 0 Å². The molecule has 0 heterocycles. The van der Waals surface area contributed by atoms with Crippen molar-refractivity contribution in [2.24, 2.45) is 0 Å². The molecule has 19 heavy (non-hydrogen) atoms. The summed E-state index contributed by atoms with van der Waals surface area (Å²) >= 11 is 11.6. The van der Waals surface area contributed by atoms with E-state index in [0.717, 1.165) is 0 Å². The Labute approximate surface area is 123 Å². The van der Waals surface area contributed by atoms with E-state index in [1.54, 1.807) is 0 Å². The Kier molecular flexibility index (Phi) is 6.29. The first-order chi connectivity index (χ1) is 8.84. The molecule has 0 unspecified atom stereocenters. The van der Waals surface area contributed by atoms with E-state index in [1.807, 2.05) is 0 Å². The molecule has 7 heteroatoms. The van der Waals surface area contributed by atoms with E-state index in [0.29, 0.717) is 22.0 Å². The molecule has 0 aromatic heterocycles. The predicted molar refractivity (Wildman–Crippen MR) is 78.0 cm³/mol. The Morgan fingerprint density at radius 2 is 1.89 bits per heavy atom. The number of aliphatic hydroxyl groups is 1. The zero-order valence-electron chi connectivity index (χ0n) is 10.1. The topological polar surface area (TPSA) is 66.4 Å². The van der Waals surface area contributed by atoms with Gasteiger partial charge in [0.1, 0.15) is 0 Å². The lowest BCUT2D eigenvalue weighted by molar-refractivity contribution is 0.182. The number of hydrogen-bond acceptors (Lipinski definition) is 3. The summed E-state index contributed by atoms with van der Waals surface area (Å²) in [4.78, 5) is 0. The van der Waals surface area contributed by atoms with Crippen molar-refractivity contribution in [3.63, 3.8) is 0 Å². The van der Waals surface area contributed by atoms with Gasteiger partial charge >= 0.3 is 0 Å². The van der Waals surface area contributed by atoms with Crippen molar-refractivity contribution in [1.29, 1.82) is 0 Å². The standard InChI is InChI=1S/C12H15Cl2NO3S/c1-2-3-4-19(17,18)15-8-12(16)9-5-10(13)7-11(14)6-9/h2,5-7,12,15-16H,1,3-4,8H2/t12-/m0/s1. The van der Waals surface area contributed by atoms with Crippen LogP contribution in [0, 0.1) is 0 Å². The largest absolute Gasteiger partial charge is 0.387 e. The third kappa shape index (κ3) is 5.93. The minimum absolute atomic E-state index is 0.0560. The van der Waals surface area contributed by atoms with Crippen molar-refractivity contribution in [3.8, 4) is 0 Å². The summed E-state index contributed by atoms with van der Waals surface area (Å²) in [6.45, 7) is 3.33. The Balaban J connectivity index is 2.64. The van der Waals surface area contributed by atoms with Crippen LogP contribution in [-0.4, -0.2) is 25.8 Å². The SMILES string of the molecule is C=CCCS(=O)(=O)NC[C@H](O)c1cc(Cl)cc(Cl)c1. The fourth-order valence-electron chi connectivity index (χ4n) is 1.40. The number of aliphatic hydroxyl groups excluding tert-OH is 1. The summed E-state index contributed by atoms with van der Waals surface area (Å²) in [6.07, 6.45) is 0.871. The van der Waals surface area contributed by atoms with E-state index in [2.05, 4.69) is 11.3 Å². The summed E-state index contributed by atoms with van der Waals surface area (Å²) < 4.78 is 25.4. The van der Waals surface area contributed by atoms with Crippen LogP contribution in [-0.2, 0) is 10.0 Å². The van der Waals surface area contributed by atoms with Gasteiger partial charge in [-0.05, 0) is 30.2 Å². The highest BCUT2D eigenvalue weighted by molar-refractivity contribution is 7.89. The van der Waals surface area contributed by atoms with E-state index < -0.39 is 16.1 Å². The van der Waals surface area contributed by atoms with Crippen LogP contribution in [0.3, 0.4) is 0 Å². The quantitative estimate of drug-likeness (QED) is 0.758. The summed E-state index contributed by atoms with van der Waals surface area (Å²) in [5, 5.41) is 10.7. The molecule has 4 nitrogen and oxygen atoms in total. The second-order valence-electron chi connectivity index (χ2n) is 3.96. The molecule has 0 saturated heterocycles. The molecule has 0 aliphatic rings. The van der Waals surface area contributed by atoms with Crippen molar-refractivity contribution in [1.82, 2.24) is 4.72 Å². The molecule has 1 atom stereocenters. The lowest BCUT2D eigenvalue weighted by atomic mass is 10.1. The third-order valence-electron chi connectivity index (χ3n) is 2.36. The molecule has 2 N–H and O–H groups in total. The molecule has 0 fully saturated rings. The molecular formula is C12H15Cl2NO3S. The molecule has 1 aromatic rings. The first-order valence-electron chi connectivity index (χ1n) is 5.56. The maximum Gasteiger partial charge on any atom is 0.211 e. The summed E-state index contributed by atoms with van der Waals surface area (Å²) in [6, 6.07) is 4.61. The van der Waals surface area contributed by atoms with Crippen LogP contribution >= 0.6 is 23.2 Å². The highest BCUT2D eigenvalue weighted by atomic mass is 35.5. The van der Waals surface area contributed by atoms with Crippen LogP contribution in [0.4, 0.5) is 0 Å². The zero-order valence-corrected chi connectivity index (χ0v) is 12.5. The number of benzene rings is 1. The second kappa shape index (κ2) is 7.26. The molecule has 0 bridgehead atoms. The molecule has 0 aliphatic carbocycles. The number of rotatable bonds is 7. The van der Waals surface area contributed by atoms with Gasteiger partial charge in [-0.3, -0.25) is 0 Å². The molecular weight excluding hydrogens is 309 g/mol. The normalized spacial score (nSPS) is 13.2. The van der Waals surface area contributed by atoms with Crippen molar-refractivity contribution in [3.05, 3.63) is 46.5 Å². The molecule has 0 amide bonds. The number of hydrogen-bond donors (Lipinski definition) is 2. The smallest absolute Gasteiger partial charge is 0.211 e. The van der Waals surface area contributed by atoms with E-state index in [4.69, 9.17) is 23.2 Å². The third-order valence-corrected chi connectivity index (χ3v) is 4.17. The molecule has 0 radical (unpaired) electrons. The van der Waals surface area contributed by atoms with Gasteiger partial charge in [0, 0.05) is 16.6 Å². The van der Waals surface area contributed by atoms with Gasteiger partial charge in [-0.15, -0.1) is 6.58 Å². The monoisotopic (exact) mass is 323 g/mol. The average molecular weight is 324 g/mol. The Hall–Kier alpha value is -0.590. The molecule has 0 spiro atoms. The van der Waals surface area contributed by atoms with Gasteiger partial charge < -0.3 is 5.11 Å².